The molecule has 2 fully saturated rings. The Morgan fingerprint density at radius 1 is 1.00 bits per heavy atom. The topological polar surface area (TPSA) is 96.2 Å². The van der Waals surface area contributed by atoms with E-state index in [1.54, 1.807) is 18.7 Å². The molecule has 130 valence electrons. The number of carbonyl (C=O) groups is 1. The quantitative estimate of drug-likeness (QED) is 0.690. The number of nitrogens with zero attached hydrogens (tertiary/aromatic N) is 3. The maximum absolute atomic E-state index is 12.5. The number of morpholine rings is 1. The molecule has 2 saturated heterocycles. The van der Waals surface area contributed by atoms with E-state index >= 15 is 0 Å². The largest absolute Gasteiger partial charge is 0.379 e. The van der Waals surface area contributed by atoms with Gasteiger partial charge in [0.1, 0.15) is 0 Å². The zero-order valence-electron chi connectivity index (χ0n) is 13.0. The first-order valence-corrected chi connectivity index (χ1v) is 8.54. The van der Waals surface area contributed by atoms with Gasteiger partial charge in [0, 0.05) is 39.3 Å². The molecule has 0 aromatic carbocycles. The van der Waals surface area contributed by atoms with Crippen molar-refractivity contribution in [2.24, 2.45) is 5.73 Å². The highest BCUT2D eigenvalue weighted by Gasteiger charge is 2.36. The van der Waals surface area contributed by atoms with Crippen LogP contribution in [0.3, 0.4) is 0 Å². The smallest absolute Gasteiger partial charge is 0.282 e. The van der Waals surface area contributed by atoms with Gasteiger partial charge in [0.15, 0.2) is 0 Å². The number of piperazine rings is 1. The van der Waals surface area contributed by atoms with E-state index in [4.69, 9.17) is 10.5 Å². The van der Waals surface area contributed by atoms with E-state index in [1.165, 1.54) is 8.61 Å². The summed E-state index contributed by atoms with van der Waals surface area (Å²) >= 11 is 0. The van der Waals surface area contributed by atoms with Crippen LogP contribution in [0.4, 0.5) is 0 Å². The van der Waals surface area contributed by atoms with Gasteiger partial charge in [0.2, 0.25) is 5.91 Å². The minimum Gasteiger partial charge on any atom is -0.379 e. The van der Waals surface area contributed by atoms with Gasteiger partial charge in [0.25, 0.3) is 10.2 Å². The summed E-state index contributed by atoms with van der Waals surface area (Å²) in [5.74, 6) is -0.147. The van der Waals surface area contributed by atoms with Crippen LogP contribution in [-0.2, 0) is 19.7 Å². The maximum atomic E-state index is 12.5. The Balaban J connectivity index is 0.00000242. The van der Waals surface area contributed by atoms with E-state index in [1.807, 2.05) is 0 Å². The molecule has 0 bridgehead atoms. The molecular formula is C12H25ClN4O4S. The van der Waals surface area contributed by atoms with Crippen molar-refractivity contribution in [1.29, 1.82) is 0 Å². The van der Waals surface area contributed by atoms with Crippen LogP contribution in [0.5, 0.6) is 0 Å². The molecular weight excluding hydrogens is 332 g/mol. The molecule has 8 nitrogen and oxygen atoms in total. The van der Waals surface area contributed by atoms with Gasteiger partial charge < -0.3 is 15.4 Å². The molecule has 0 aromatic rings. The fourth-order valence-corrected chi connectivity index (χ4v) is 4.03. The maximum Gasteiger partial charge on any atom is 0.282 e. The predicted octanol–water partition coefficient (Wildman–Crippen LogP) is -1.13. The van der Waals surface area contributed by atoms with Gasteiger partial charge in [0.05, 0.1) is 18.8 Å². The highest BCUT2D eigenvalue weighted by Crippen LogP contribution is 2.15. The lowest BCUT2D eigenvalue weighted by Crippen LogP contribution is -2.59. The monoisotopic (exact) mass is 356 g/mol. The number of carbonyl (C=O) groups excluding carboxylic acids is 1. The molecule has 0 saturated carbocycles. The molecule has 1 amide bonds. The summed E-state index contributed by atoms with van der Waals surface area (Å²) in [5, 5.41) is 0. The molecule has 2 heterocycles. The highest BCUT2D eigenvalue weighted by atomic mass is 35.5. The number of rotatable bonds is 3. The standard InChI is InChI=1S/C12H24N4O4S.ClH/c1-12(2,13)11(17)14-3-5-15(6-4-14)21(18,19)16-7-9-20-10-8-16;/h3-10,13H2,1-2H3;1H. The lowest BCUT2D eigenvalue weighted by Gasteiger charge is -2.39. The van der Waals surface area contributed by atoms with Gasteiger partial charge in [-0.2, -0.15) is 17.0 Å². The molecule has 10 heteroatoms. The van der Waals surface area contributed by atoms with E-state index in [0.717, 1.165) is 0 Å². The summed E-state index contributed by atoms with van der Waals surface area (Å²) in [6, 6.07) is 0. The fourth-order valence-electron chi connectivity index (χ4n) is 2.47. The van der Waals surface area contributed by atoms with Crippen LogP contribution in [0.25, 0.3) is 0 Å². The molecule has 2 aliphatic rings. The normalized spacial score (nSPS) is 22.2. The van der Waals surface area contributed by atoms with Crippen molar-refractivity contribution >= 4 is 28.5 Å². The molecule has 22 heavy (non-hydrogen) atoms. The van der Waals surface area contributed by atoms with Crippen molar-refractivity contribution in [3.63, 3.8) is 0 Å². The van der Waals surface area contributed by atoms with Crippen molar-refractivity contribution in [2.45, 2.75) is 19.4 Å². The number of nitrogens with two attached hydrogens (primary N) is 1. The third-order valence-electron chi connectivity index (χ3n) is 3.70. The molecule has 2 N–H and O–H groups in total. The first kappa shape index (κ1) is 19.6. The van der Waals surface area contributed by atoms with Gasteiger partial charge >= 0.3 is 0 Å². The average Bonchev–Trinajstić information content (AvgIpc) is 2.46. The van der Waals surface area contributed by atoms with Crippen LogP contribution < -0.4 is 5.73 Å². The summed E-state index contributed by atoms with van der Waals surface area (Å²) in [6.45, 7) is 6.32. The van der Waals surface area contributed by atoms with Crippen LogP contribution in [0, 0.1) is 0 Å². The number of halogens is 1. The van der Waals surface area contributed by atoms with E-state index in [9.17, 15) is 13.2 Å². The molecule has 0 unspecified atom stereocenters. The van der Waals surface area contributed by atoms with Crippen molar-refractivity contribution in [2.75, 3.05) is 52.5 Å². The van der Waals surface area contributed by atoms with E-state index in [2.05, 4.69) is 0 Å². The second kappa shape index (κ2) is 7.41. The Bertz CT molecular complexity index is 480. The number of hydrogen-bond acceptors (Lipinski definition) is 5. The minimum absolute atomic E-state index is 0. The van der Waals surface area contributed by atoms with Crippen LogP contribution in [0.15, 0.2) is 0 Å². The van der Waals surface area contributed by atoms with Gasteiger partial charge in [-0.15, -0.1) is 12.4 Å². The third-order valence-corrected chi connectivity index (χ3v) is 5.74. The number of hydrogen-bond donors (Lipinski definition) is 1. The highest BCUT2D eigenvalue weighted by molar-refractivity contribution is 7.86. The van der Waals surface area contributed by atoms with Crippen molar-refractivity contribution in [1.82, 2.24) is 13.5 Å². The third kappa shape index (κ3) is 4.30. The van der Waals surface area contributed by atoms with Crippen LogP contribution in [-0.4, -0.2) is 85.9 Å². The Labute approximate surface area is 138 Å². The van der Waals surface area contributed by atoms with Crippen molar-refractivity contribution in [3.8, 4) is 0 Å². The first-order chi connectivity index (χ1) is 9.73. The lowest BCUT2D eigenvalue weighted by atomic mass is 10.1. The second-order valence-corrected chi connectivity index (χ2v) is 7.86. The minimum atomic E-state index is -3.45. The molecule has 0 aromatic heterocycles. The van der Waals surface area contributed by atoms with E-state index in [-0.39, 0.29) is 18.3 Å². The Kier molecular flexibility index (Phi) is 6.60. The summed E-state index contributed by atoms with van der Waals surface area (Å²) in [7, 11) is -3.45. The summed E-state index contributed by atoms with van der Waals surface area (Å²) < 4.78 is 33.0. The molecule has 0 radical (unpaired) electrons. The fraction of sp³-hybridized carbons (Fsp3) is 0.917. The van der Waals surface area contributed by atoms with Gasteiger partial charge in [-0.25, -0.2) is 0 Å². The van der Waals surface area contributed by atoms with Gasteiger partial charge in [-0.05, 0) is 13.8 Å². The zero-order chi connectivity index (χ0) is 15.7. The Morgan fingerprint density at radius 3 is 1.91 bits per heavy atom. The molecule has 2 rings (SSSR count). The number of ether oxygens (including phenoxy) is 1. The Morgan fingerprint density at radius 2 is 1.45 bits per heavy atom. The molecule has 0 aliphatic carbocycles. The molecule has 2 aliphatic heterocycles. The lowest BCUT2D eigenvalue weighted by molar-refractivity contribution is -0.137. The Hall–Kier alpha value is -0.450. The number of amides is 1. The SMILES string of the molecule is CC(C)(N)C(=O)N1CCN(S(=O)(=O)N2CCOCC2)CC1.Cl. The van der Waals surface area contributed by atoms with Crippen LogP contribution >= 0.6 is 12.4 Å². The average molecular weight is 357 g/mol. The summed E-state index contributed by atoms with van der Waals surface area (Å²) in [5.41, 5.74) is 4.88. The predicted molar refractivity (Wildman–Crippen MR) is 85.0 cm³/mol. The van der Waals surface area contributed by atoms with Crippen molar-refractivity contribution < 1.29 is 17.9 Å². The molecule has 0 atom stereocenters. The molecule has 0 spiro atoms. The summed E-state index contributed by atoms with van der Waals surface area (Å²) in [4.78, 5) is 13.7. The van der Waals surface area contributed by atoms with Gasteiger partial charge in [-0.1, -0.05) is 0 Å². The van der Waals surface area contributed by atoms with Crippen LogP contribution in [0.1, 0.15) is 13.8 Å². The van der Waals surface area contributed by atoms with E-state index < -0.39 is 15.7 Å². The zero-order valence-corrected chi connectivity index (χ0v) is 14.7. The summed E-state index contributed by atoms with van der Waals surface area (Å²) in [6.07, 6.45) is 0. The first-order valence-electron chi connectivity index (χ1n) is 7.14. The van der Waals surface area contributed by atoms with Crippen molar-refractivity contribution in [3.05, 3.63) is 0 Å². The van der Waals surface area contributed by atoms with Gasteiger partial charge in [-0.3, -0.25) is 4.79 Å². The van der Waals surface area contributed by atoms with E-state index in [0.29, 0.717) is 52.5 Å². The van der Waals surface area contributed by atoms with Crippen LogP contribution in [0.2, 0.25) is 0 Å². The second-order valence-electron chi connectivity index (χ2n) is 5.93.